The number of hydrogen-bond acceptors (Lipinski definition) is 5. The molecule has 162 valence electrons. The van der Waals surface area contributed by atoms with Crippen LogP contribution in [0.4, 0.5) is 0 Å². The Morgan fingerprint density at radius 1 is 1.03 bits per heavy atom. The van der Waals surface area contributed by atoms with E-state index < -0.39 is 10.0 Å². The lowest BCUT2D eigenvalue weighted by Crippen LogP contribution is -2.32. The number of para-hydroxylation sites is 1. The number of ether oxygens (including phenoxy) is 2. The Labute approximate surface area is 178 Å². The van der Waals surface area contributed by atoms with Gasteiger partial charge in [0.05, 0.1) is 17.6 Å². The molecule has 1 aliphatic heterocycles. The van der Waals surface area contributed by atoms with Crippen molar-refractivity contribution in [1.29, 1.82) is 0 Å². The molecule has 1 aliphatic rings. The molecule has 0 radical (unpaired) electrons. The van der Waals surface area contributed by atoms with E-state index in [0.29, 0.717) is 24.6 Å². The SMILES string of the molecule is COc1ccc(S(=O)(=O)NCCOc2ccccc2)cc1C(=O)N1CCCCCC1. The number of nitrogens with zero attached hydrogens (tertiary/aromatic N) is 1. The highest BCUT2D eigenvalue weighted by Gasteiger charge is 2.24. The van der Waals surface area contributed by atoms with E-state index in [2.05, 4.69) is 4.72 Å². The van der Waals surface area contributed by atoms with Crippen LogP contribution in [0.5, 0.6) is 11.5 Å². The van der Waals surface area contributed by atoms with Crippen LogP contribution in [-0.4, -0.2) is 52.6 Å². The van der Waals surface area contributed by atoms with E-state index in [1.165, 1.54) is 25.3 Å². The Kier molecular flexibility index (Phi) is 7.70. The van der Waals surface area contributed by atoms with Crippen molar-refractivity contribution in [2.24, 2.45) is 0 Å². The molecule has 1 amide bonds. The van der Waals surface area contributed by atoms with E-state index in [4.69, 9.17) is 9.47 Å². The van der Waals surface area contributed by atoms with Gasteiger partial charge in [-0.05, 0) is 43.2 Å². The number of likely N-dealkylation sites (tertiary alicyclic amines) is 1. The number of hydrogen-bond donors (Lipinski definition) is 1. The Morgan fingerprint density at radius 3 is 2.40 bits per heavy atom. The average molecular weight is 433 g/mol. The maximum Gasteiger partial charge on any atom is 0.257 e. The van der Waals surface area contributed by atoms with Crippen molar-refractivity contribution in [2.75, 3.05) is 33.4 Å². The van der Waals surface area contributed by atoms with Gasteiger partial charge in [-0.25, -0.2) is 13.1 Å². The molecule has 30 heavy (non-hydrogen) atoms. The topological polar surface area (TPSA) is 84.9 Å². The summed E-state index contributed by atoms with van der Waals surface area (Å²) < 4.78 is 38.8. The second-order valence-electron chi connectivity index (χ2n) is 7.13. The Balaban J connectivity index is 1.69. The Morgan fingerprint density at radius 2 is 1.73 bits per heavy atom. The molecule has 0 saturated carbocycles. The number of carbonyl (C=O) groups is 1. The fourth-order valence-electron chi connectivity index (χ4n) is 3.41. The summed E-state index contributed by atoms with van der Waals surface area (Å²) in [6, 6.07) is 13.5. The monoisotopic (exact) mass is 432 g/mol. The van der Waals surface area contributed by atoms with E-state index in [0.717, 1.165) is 25.7 Å². The standard InChI is InChI=1S/C22H28N2O5S/c1-28-21-12-11-19(17-20(21)22(25)24-14-7-2-3-8-15-24)30(26,27)23-13-16-29-18-9-5-4-6-10-18/h4-6,9-12,17,23H,2-3,7-8,13-16H2,1H3. The van der Waals surface area contributed by atoms with Crippen molar-refractivity contribution in [1.82, 2.24) is 9.62 Å². The minimum absolute atomic E-state index is 0.0289. The zero-order valence-electron chi connectivity index (χ0n) is 17.2. The lowest BCUT2D eigenvalue weighted by atomic mass is 10.1. The van der Waals surface area contributed by atoms with Gasteiger partial charge < -0.3 is 14.4 Å². The number of methoxy groups -OCH3 is 1. The van der Waals surface area contributed by atoms with Gasteiger partial charge in [0.25, 0.3) is 5.91 Å². The molecular formula is C22H28N2O5S. The smallest absolute Gasteiger partial charge is 0.257 e. The predicted octanol–water partition coefficient (Wildman–Crippen LogP) is 3.07. The first-order valence-corrected chi connectivity index (χ1v) is 11.6. The number of benzene rings is 2. The Bertz CT molecular complexity index is 939. The van der Waals surface area contributed by atoms with Gasteiger partial charge in [0.15, 0.2) is 0 Å². The minimum Gasteiger partial charge on any atom is -0.496 e. The van der Waals surface area contributed by atoms with E-state index in [-0.39, 0.29) is 29.5 Å². The Hall–Kier alpha value is -2.58. The second kappa shape index (κ2) is 10.4. The second-order valence-corrected chi connectivity index (χ2v) is 8.89. The van der Waals surface area contributed by atoms with Crippen LogP contribution in [-0.2, 0) is 10.0 Å². The summed E-state index contributed by atoms with van der Waals surface area (Å²) in [5, 5.41) is 0. The first kappa shape index (κ1) is 22.1. The zero-order chi connectivity index (χ0) is 21.4. The molecule has 2 aromatic carbocycles. The third-order valence-electron chi connectivity index (χ3n) is 5.01. The maximum atomic E-state index is 13.0. The molecule has 0 aliphatic carbocycles. The van der Waals surface area contributed by atoms with Gasteiger partial charge in [-0.1, -0.05) is 31.0 Å². The largest absolute Gasteiger partial charge is 0.496 e. The normalized spacial score (nSPS) is 14.8. The minimum atomic E-state index is -3.79. The molecule has 8 heteroatoms. The molecule has 0 spiro atoms. The van der Waals surface area contributed by atoms with Crippen LogP contribution in [0.2, 0.25) is 0 Å². The van der Waals surface area contributed by atoms with Crippen LogP contribution in [0.25, 0.3) is 0 Å². The first-order chi connectivity index (χ1) is 14.5. The summed E-state index contributed by atoms with van der Waals surface area (Å²) in [6.07, 6.45) is 4.11. The maximum absolute atomic E-state index is 13.0. The van der Waals surface area contributed by atoms with Crippen molar-refractivity contribution in [2.45, 2.75) is 30.6 Å². The number of amides is 1. The molecule has 3 rings (SSSR count). The van der Waals surface area contributed by atoms with E-state index in [1.54, 1.807) is 17.0 Å². The summed E-state index contributed by atoms with van der Waals surface area (Å²) in [6.45, 7) is 1.65. The van der Waals surface area contributed by atoms with Crippen molar-refractivity contribution in [3.63, 3.8) is 0 Å². The summed E-state index contributed by atoms with van der Waals surface area (Å²) in [5.74, 6) is 0.847. The van der Waals surface area contributed by atoms with Gasteiger partial charge in [-0.3, -0.25) is 4.79 Å². The van der Waals surface area contributed by atoms with Gasteiger partial charge in [-0.2, -0.15) is 0 Å². The summed E-state index contributed by atoms with van der Waals surface area (Å²) in [4.78, 5) is 14.8. The van der Waals surface area contributed by atoms with Gasteiger partial charge in [-0.15, -0.1) is 0 Å². The molecule has 7 nitrogen and oxygen atoms in total. The molecule has 0 unspecified atom stereocenters. The van der Waals surface area contributed by atoms with Crippen molar-refractivity contribution in [3.8, 4) is 11.5 Å². The zero-order valence-corrected chi connectivity index (χ0v) is 18.0. The molecule has 1 saturated heterocycles. The van der Waals surface area contributed by atoms with Crippen LogP contribution in [0.15, 0.2) is 53.4 Å². The van der Waals surface area contributed by atoms with E-state index in [1.807, 2.05) is 18.2 Å². The molecular weight excluding hydrogens is 404 g/mol. The molecule has 1 heterocycles. The number of carbonyl (C=O) groups excluding carboxylic acids is 1. The van der Waals surface area contributed by atoms with Crippen LogP contribution in [0.1, 0.15) is 36.0 Å². The fraction of sp³-hybridized carbons (Fsp3) is 0.409. The van der Waals surface area contributed by atoms with Crippen molar-refractivity contribution < 1.29 is 22.7 Å². The molecule has 1 N–H and O–H groups in total. The lowest BCUT2D eigenvalue weighted by molar-refractivity contribution is 0.0758. The van der Waals surface area contributed by atoms with E-state index in [9.17, 15) is 13.2 Å². The van der Waals surface area contributed by atoms with Crippen molar-refractivity contribution >= 4 is 15.9 Å². The van der Waals surface area contributed by atoms with E-state index >= 15 is 0 Å². The third-order valence-corrected chi connectivity index (χ3v) is 6.47. The highest BCUT2D eigenvalue weighted by atomic mass is 32.2. The molecule has 0 bridgehead atoms. The fourth-order valence-corrected chi connectivity index (χ4v) is 4.45. The van der Waals surface area contributed by atoms with Crippen molar-refractivity contribution in [3.05, 3.63) is 54.1 Å². The number of rotatable bonds is 8. The summed E-state index contributed by atoms with van der Waals surface area (Å²) >= 11 is 0. The molecule has 1 fully saturated rings. The van der Waals surface area contributed by atoms with Gasteiger partial charge >= 0.3 is 0 Å². The van der Waals surface area contributed by atoms with Crippen LogP contribution in [0, 0.1) is 0 Å². The van der Waals surface area contributed by atoms with Gasteiger partial charge in [0.2, 0.25) is 10.0 Å². The van der Waals surface area contributed by atoms with Gasteiger partial charge in [0, 0.05) is 19.6 Å². The first-order valence-electron chi connectivity index (χ1n) is 10.2. The highest BCUT2D eigenvalue weighted by molar-refractivity contribution is 7.89. The van der Waals surface area contributed by atoms with Crippen LogP contribution < -0.4 is 14.2 Å². The third kappa shape index (κ3) is 5.73. The van der Waals surface area contributed by atoms with Crippen LogP contribution >= 0.6 is 0 Å². The quantitative estimate of drug-likeness (QED) is 0.648. The average Bonchev–Trinajstić information content (AvgIpc) is 3.06. The summed E-state index contributed by atoms with van der Waals surface area (Å²) in [7, 11) is -2.32. The van der Waals surface area contributed by atoms with Crippen LogP contribution in [0.3, 0.4) is 0 Å². The molecule has 2 aromatic rings. The lowest BCUT2D eigenvalue weighted by Gasteiger charge is -2.22. The molecule has 0 atom stereocenters. The molecule has 0 aromatic heterocycles. The predicted molar refractivity (Wildman–Crippen MR) is 114 cm³/mol. The number of sulfonamides is 1. The van der Waals surface area contributed by atoms with Gasteiger partial charge in [0.1, 0.15) is 18.1 Å². The number of nitrogens with one attached hydrogen (secondary N) is 1. The highest BCUT2D eigenvalue weighted by Crippen LogP contribution is 2.25. The summed E-state index contributed by atoms with van der Waals surface area (Å²) in [5.41, 5.74) is 0.266.